The summed E-state index contributed by atoms with van der Waals surface area (Å²) in [5, 5.41) is 11.2. The standard InChI is InChI=1S/C28H26BrN9O3/c1-14(39)26-19-6-15(17-9-31-28(32-10-17)33-18-3-4-18)2-5-20(19)37(36-26)13-25(40)38-21-7-16(21)8-22(38)27(41)35-24-12-30-11-23(29)34-24/h2,5-6,9-12,16,18,21-22H,3-4,7-8,13H2,1H3,(H,31,32,33)(H,34,35,41)/t16-,21-,22+/m1/s1. The molecule has 4 aromatic rings. The van der Waals surface area contributed by atoms with Crippen molar-refractivity contribution in [3.05, 3.63) is 53.3 Å². The van der Waals surface area contributed by atoms with Crippen molar-refractivity contribution in [1.82, 2.24) is 34.6 Å². The second-order valence-electron chi connectivity index (χ2n) is 10.8. The Labute approximate surface area is 243 Å². The summed E-state index contributed by atoms with van der Waals surface area (Å²) >= 11 is 3.25. The summed E-state index contributed by atoms with van der Waals surface area (Å²) in [6.45, 7) is 1.37. The van der Waals surface area contributed by atoms with Gasteiger partial charge in [-0.2, -0.15) is 5.10 Å². The molecule has 3 aliphatic rings. The lowest BCUT2D eigenvalue weighted by Gasteiger charge is -2.26. The largest absolute Gasteiger partial charge is 0.351 e. The molecule has 208 valence electrons. The molecule has 3 aromatic heterocycles. The summed E-state index contributed by atoms with van der Waals surface area (Å²) in [6.07, 6.45) is 10.2. The van der Waals surface area contributed by atoms with E-state index in [0.717, 1.165) is 30.4 Å². The van der Waals surface area contributed by atoms with Crippen molar-refractivity contribution in [2.24, 2.45) is 5.92 Å². The Hall–Kier alpha value is -4.26. The van der Waals surface area contributed by atoms with E-state index in [-0.39, 0.29) is 35.9 Å². The van der Waals surface area contributed by atoms with Gasteiger partial charge in [0.05, 0.1) is 17.9 Å². The molecule has 0 spiro atoms. The first-order valence-electron chi connectivity index (χ1n) is 13.5. The van der Waals surface area contributed by atoms with E-state index in [1.807, 2.05) is 18.2 Å². The summed E-state index contributed by atoms with van der Waals surface area (Å²) in [5.74, 6) is 0.514. The number of piperidine rings is 1. The van der Waals surface area contributed by atoms with E-state index in [4.69, 9.17) is 0 Å². The molecule has 4 heterocycles. The van der Waals surface area contributed by atoms with Crippen LogP contribution in [0, 0.1) is 5.92 Å². The van der Waals surface area contributed by atoms with Crippen LogP contribution in [0.1, 0.15) is 43.1 Å². The molecule has 13 heteroatoms. The predicted molar refractivity (Wildman–Crippen MR) is 153 cm³/mol. The number of fused-ring (bicyclic) bond motifs is 2. The first-order valence-corrected chi connectivity index (χ1v) is 14.3. The minimum Gasteiger partial charge on any atom is -0.351 e. The van der Waals surface area contributed by atoms with Crippen LogP contribution in [0.3, 0.4) is 0 Å². The molecule has 1 saturated heterocycles. The average molecular weight is 616 g/mol. The summed E-state index contributed by atoms with van der Waals surface area (Å²) < 4.78 is 2.06. The second kappa shape index (κ2) is 9.98. The molecule has 41 heavy (non-hydrogen) atoms. The van der Waals surface area contributed by atoms with Gasteiger partial charge in [-0.15, -0.1) is 0 Å². The number of nitrogens with one attached hydrogen (secondary N) is 2. The highest BCUT2D eigenvalue weighted by Crippen LogP contribution is 2.48. The first-order chi connectivity index (χ1) is 19.8. The summed E-state index contributed by atoms with van der Waals surface area (Å²) in [4.78, 5) is 58.1. The zero-order valence-corrected chi connectivity index (χ0v) is 23.7. The number of carbonyl (C=O) groups excluding carboxylic acids is 3. The van der Waals surface area contributed by atoms with Crippen molar-refractivity contribution in [2.45, 2.75) is 57.3 Å². The molecule has 2 aliphatic carbocycles. The van der Waals surface area contributed by atoms with Crippen LogP contribution >= 0.6 is 15.9 Å². The third-order valence-electron chi connectivity index (χ3n) is 7.82. The number of carbonyl (C=O) groups is 3. The number of rotatable bonds is 8. The molecular weight excluding hydrogens is 590 g/mol. The number of amides is 2. The fourth-order valence-corrected chi connectivity index (χ4v) is 5.88. The van der Waals surface area contributed by atoms with E-state index < -0.39 is 6.04 Å². The van der Waals surface area contributed by atoms with Crippen molar-refractivity contribution in [2.75, 3.05) is 10.6 Å². The van der Waals surface area contributed by atoms with Crippen molar-refractivity contribution in [3.8, 4) is 11.1 Å². The van der Waals surface area contributed by atoms with Crippen LogP contribution in [0.2, 0.25) is 0 Å². The Bertz CT molecular complexity index is 1700. The van der Waals surface area contributed by atoms with Crippen LogP contribution < -0.4 is 10.6 Å². The quantitative estimate of drug-likeness (QED) is 0.284. The molecule has 3 atom stereocenters. The van der Waals surface area contributed by atoms with Gasteiger partial charge < -0.3 is 15.5 Å². The fraction of sp³-hybridized carbons (Fsp3) is 0.357. The number of benzene rings is 1. The molecule has 1 aromatic carbocycles. The monoisotopic (exact) mass is 615 g/mol. The highest BCUT2D eigenvalue weighted by Gasteiger charge is 2.56. The maximum atomic E-state index is 13.6. The van der Waals surface area contributed by atoms with Crippen molar-refractivity contribution in [3.63, 3.8) is 0 Å². The number of nitrogens with zero attached hydrogens (tertiary/aromatic N) is 7. The van der Waals surface area contributed by atoms with Crippen molar-refractivity contribution >= 4 is 56.2 Å². The highest BCUT2D eigenvalue weighted by molar-refractivity contribution is 9.10. The van der Waals surface area contributed by atoms with Gasteiger partial charge in [0, 0.05) is 42.4 Å². The van der Waals surface area contributed by atoms with Gasteiger partial charge in [0.15, 0.2) is 11.6 Å². The van der Waals surface area contributed by atoms with Gasteiger partial charge in [0.2, 0.25) is 17.8 Å². The number of hydrogen-bond donors (Lipinski definition) is 2. The van der Waals surface area contributed by atoms with E-state index in [1.165, 1.54) is 19.3 Å². The molecular formula is C28H26BrN9O3. The molecule has 0 bridgehead atoms. The zero-order valence-electron chi connectivity index (χ0n) is 22.1. The van der Waals surface area contributed by atoms with Crippen molar-refractivity contribution < 1.29 is 14.4 Å². The first kappa shape index (κ1) is 25.7. The Morgan fingerprint density at radius 1 is 1.05 bits per heavy atom. The van der Waals surface area contributed by atoms with Crippen molar-refractivity contribution in [1.29, 1.82) is 0 Å². The Morgan fingerprint density at radius 2 is 1.85 bits per heavy atom. The van der Waals surface area contributed by atoms with Crippen LogP contribution in [0.4, 0.5) is 11.8 Å². The molecule has 2 N–H and O–H groups in total. The van der Waals surface area contributed by atoms with Crippen LogP contribution in [-0.4, -0.2) is 70.3 Å². The smallest absolute Gasteiger partial charge is 0.248 e. The minimum absolute atomic E-state index is 0.0323. The van der Waals surface area contributed by atoms with Gasteiger partial charge in [-0.1, -0.05) is 6.07 Å². The van der Waals surface area contributed by atoms with Crippen LogP contribution in [0.5, 0.6) is 0 Å². The number of aromatic nitrogens is 6. The van der Waals surface area contributed by atoms with Crippen LogP contribution in [-0.2, 0) is 16.1 Å². The van der Waals surface area contributed by atoms with Gasteiger partial charge in [0.1, 0.15) is 22.9 Å². The van der Waals surface area contributed by atoms with E-state index in [0.29, 0.717) is 45.7 Å². The third-order valence-corrected chi connectivity index (χ3v) is 8.20. The number of ketones is 1. The molecule has 2 amide bonds. The van der Waals surface area contributed by atoms with E-state index in [9.17, 15) is 14.4 Å². The van der Waals surface area contributed by atoms with Gasteiger partial charge >= 0.3 is 0 Å². The SMILES string of the molecule is CC(=O)c1nn(CC(=O)N2[C@@H]3C[C@@H]3C[C@H]2C(=O)Nc2cncc(Br)n2)c2ccc(-c3cnc(NC4CC4)nc3)cc12. The molecule has 0 unspecified atom stereocenters. The molecule has 1 aliphatic heterocycles. The summed E-state index contributed by atoms with van der Waals surface area (Å²) in [6, 6.07) is 5.53. The Balaban J connectivity index is 1.13. The van der Waals surface area contributed by atoms with Gasteiger partial charge in [-0.25, -0.2) is 15.0 Å². The van der Waals surface area contributed by atoms with Gasteiger partial charge in [-0.05, 0) is 65.2 Å². The molecule has 3 fully saturated rings. The lowest BCUT2D eigenvalue weighted by Crippen LogP contribution is -2.46. The number of halogens is 1. The number of Topliss-reactive ketones (excluding diaryl/α,β-unsaturated/α-hetero) is 1. The molecule has 2 saturated carbocycles. The Kier molecular flexibility index (Phi) is 6.25. The van der Waals surface area contributed by atoms with Gasteiger partial charge in [-0.3, -0.25) is 24.0 Å². The lowest BCUT2D eigenvalue weighted by molar-refractivity contribution is -0.138. The fourth-order valence-electron chi connectivity index (χ4n) is 5.57. The van der Waals surface area contributed by atoms with E-state index >= 15 is 0 Å². The molecule has 0 radical (unpaired) electrons. The molecule has 12 nitrogen and oxygen atoms in total. The predicted octanol–water partition coefficient (Wildman–Crippen LogP) is 3.45. The minimum atomic E-state index is -0.606. The zero-order chi connectivity index (χ0) is 28.2. The molecule has 7 rings (SSSR count). The maximum Gasteiger partial charge on any atom is 0.248 e. The van der Waals surface area contributed by atoms with Crippen LogP contribution in [0.25, 0.3) is 22.0 Å². The number of hydrogen-bond acceptors (Lipinski definition) is 9. The lowest BCUT2D eigenvalue weighted by atomic mass is 10.0. The topological polar surface area (TPSA) is 148 Å². The maximum absolute atomic E-state index is 13.6. The number of anilines is 2. The van der Waals surface area contributed by atoms with Gasteiger partial charge in [0.25, 0.3) is 0 Å². The highest BCUT2D eigenvalue weighted by atomic mass is 79.9. The van der Waals surface area contributed by atoms with E-state index in [2.05, 4.69) is 51.6 Å². The number of likely N-dealkylation sites (tertiary alicyclic amines) is 1. The van der Waals surface area contributed by atoms with E-state index in [1.54, 1.807) is 22.0 Å². The average Bonchev–Trinajstić information content (AvgIpc) is 3.86. The Morgan fingerprint density at radius 3 is 2.59 bits per heavy atom. The summed E-state index contributed by atoms with van der Waals surface area (Å²) in [5.41, 5.74) is 2.61. The third kappa shape index (κ3) is 5.05. The second-order valence-corrected chi connectivity index (χ2v) is 11.7. The van der Waals surface area contributed by atoms with Crippen LogP contribution in [0.15, 0.2) is 47.6 Å². The summed E-state index contributed by atoms with van der Waals surface area (Å²) in [7, 11) is 0. The normalized spacial score (nSPS) is 21.0.